The number of aryl methyl sites for hydroxylation is 2. The van der Waals surface area contributed by atoms with Crippen molar-refractivity contribution in [1.29, 1.82) is 0 Å². The van der Waals surface area contributed by atoms with E-state index in [0.29, 0.717) is 24.7 Å². The van der Waals surface area contributed by atoms with Gasteiger partial charge in [-0.05, 0) is 25.5 Å². The molecule has 5 nitrogen and oxygen atoms in total. The fourth-order valence-electron chi connectivity index (χ4n) is 2.11. The summed E-state index contributed by atoms with van der Waals surface area (Å²) in [6, 6.07) is 7.33. The lowest BCUT2D eigenvalue weighted by molar-refractivity contribution is 0.0986. The molecule has 0 atom stereocenters. The summed E-state index contributed by atoms with van der Waals surface area (Å²) in [6.45, 7) is 5.01. The Morgan fingerprint density at radius 2 is 2.00 bits per heavy atom. The van der Waals surface area contributed by atoms with E-state index in [0.717, 1.165) is 23.4 Å². The lowest BCUT2D eigenvalue weighted by Crippen LogP contribution is -2.09. The Morgan fingerprint density at radius 3 is 2.70 bits per heavy atom. The van der Waals surface area contributed by atoms with Crippen LogP contribution in [0, 0.1) is 13.8 Å². The molecule has 0 spiro atoms. The summed E-state index contributed by atoms with van der Waals surface area (Å²) in [4.78, 5) is 21.0. The Hall–Kier alpha value is -2.27. The van der Waals surface area contributed by atoms with Gasteiger partial charge in [0.1, 0.15) is 11.4 Å². The molecule has 0 saturated carbocycles. The van der Waals surface area contributed by atoms with Crippen LogP contribution in [0.2, 0.25) is 0 Å². The van der Waals surface area contributed by atoms with Gasteiger partial charge in [0.2, 0.25) is 0 Å². The number of ketones is 1. The molecule has 2 aromatic rings. The molecular formula is C18H22N2O3. The first-order chi connectivity index (χ1) is 11.1. The van der Waals surface area contributed by atoms with Crippen LogP contribution >= 0.6 is 0 Å². The molecule has 0 aliphatic heterocycles. The normalized spacial score (nSPS) is 10.6. The Bertz CT molecular complexity index is 654. The van der Waals surface area contributed by atoms with Gasteiger partial charge < -0.3 is 9.47 Å². The molecule has 0 saturated heterocycles. The number of Topliss-reactive ketones (excluding diaryl/α,β-unsaturated/α-hetero) is 1. The number of nitrogens with zero attached hydrogens (tertiary/aromatic N) is 2. The SMILES string of the molecule is COCCCOc1cc(C)nc(C(=O)Cc2ccc(C)cn2)c1. The number of hydrogen-bond donors (Lipinski definition) is 0. The van der Waals surface area contributed by atoms with Crippen LogP contribution in [0.4, 0.5) is 0 Å². The molecule has 122 valence electrons. The summed E-state index contributed by atoms with van der Waals surface area (Å²) in [7, 11) is 1.66. The fourth-order valence-corrected chi connectivity index (χ4v) is 2.11. The van der Waals surface area contributed by atoms with Gasteiger partial charge in [-0.15, -0.1) is 0 Å². The van der Waals surface area contributed by atoms with Crippen LogP contribution in [-0.2, 0) is 11.2 Å². The van der Waals surface area contributed by atoms with Crippen molar-refractivity contribution in [3.05, 3.63) is 53.1 Å². The molecule has 23 heavy (non-hydrogen) atoms. The molecule has 0 aliphatic carbocycles. The van der Waals surface area contributed by atoms with E-state index < -0.39 is 0 Å². The minimum atomic E-state index is -0.0632. The molecule has 2 heterocycles. The highest BCUT2D eigenvalue weighted by Gasteiger charge is 2.12. The summed E-state index contributed by atoms with van der Waals surface area (Å²) >= 11 is 0. The summed E-state index contributed by atoms with van der Waals surface area (Å²) in [5, 5.41) is 0. The summed E-state index contributed by atoms with van der Waals surface area (Å²) in [6.07, 6.45) is 2.80. The first kappa shape index (κ1) is 17.1. The van der Waals surface area contributed by atoms with Gasteiger partial charge in [0.15, 0.2) is 5.78 Å². The quantitative estimate of drug-likeness (QED) is 0.554. The van der Waals surface area contributed by atoms with E-state index in [1.807, 2.05) is 32.0 Å². The predicted octanol–water partition coefficient (Wildman–Crippen LogP) is 2.93. The smallest absolute Gasteiger partial charge is 0.187 e. The molecule has 0 amide bonds. The van der Waals surface area contributed by atoms with E-state index >= 15 is 0 Å². The van der Waals surface area contributed by atoms with Crippen molar-refractivity contribution in [3.63, 3.8) is 0 Å². The van der Waals surface area contributed by atoms with E-state index in [2.05, 4.69) is 9.97 Å². The number of rotatable bonds is 8. The van der Waals surface area contributed by atoms with Gasteiger partial charge in [-0.1, -0.05) is 6.07 Å². The van der Waals surface area contributed by atoms with E-state index in [1.54, 1.807) is 19.4 Å². The lowest BCUT2D eigenvalue weighted by Gasteiger charge is -2.09. The van der Waals surface area contributed by atoms with Gasteiger partial charge in [-0.3, -0.25) is 9.78 Å². The Labute approximate surface area is 136 Å². The van der Waals surface area contributed by atoms with Gasteiger partial charge in [-0.2, -0.15) is 0 Å². The molecule has 5 heteroatoms. The van der Waals surface area contributed by atoms with Crippen molar-refractivity contribution in [1.82, 2.24) is 9.97 Å². The van der Waals surface area contributed by atoms with Crippen molar-refractivity contribution < 1.29 is 14.3 Å². The first-order valence-electron chi connectivity index (χ1n) is 7.63. The molecule has 2 rings (SSSR count). The van der Waals surface area contributed by atoms with Gasteiger partial charge in [0.05, 0.1) is 13.0 Å². The van der Waals surface area contributed by atoms with Crippen LogP contribution in [0.3, 0.4) is 0 Å². The number of hydrogen-bond acceptors (Lipinski definition) is 5. The van der Waals surface area contributed by atoms with Crippen LogP contribution in [0.5, 0.6) is 5.75 Å². The summed E-state index contributed by atoms with van der Waals surface area (Å²) in [5.41, 5.74) is 2.98. The summed E-state index contributed by atoms with van der Waals surface area (Å²) < 4.78 is 10.6. The van der Waals surface area contributed by atoms with Crippen molar-refractivity contribution in [2.45, 2.75) is 26.7 Å². The third kappa shape index (κ3) is 5.45. The third-order valence-corrected chi connectivity index (χ3v) is 3.29. The van der Waals surface area contributed by atoms with Crippen molar-refractivity contribution in [2.24, 2.45) is 0 Å². The monoisotopic (exact) mass is 314 g/mol. The van der Waals surface area contributed by atoms with Crippen LogP contribution < -0.4 is 4.74 Å². The van der Waals surface area contributed by atoms with Crippen molar-refractivity contribution in [3.8, 4) is 5.75 Å². The Morgan fingerprint density at radius 1 is 1.17 bits per heavy atom. The molecule has 2 aromatic heterocycles. The van der Waals surface area contributed by atoms with Gasteiger partial charge in [0, 0.05) is 49.9 Å². The molecule has 0 N–H and O–H groups in total. The van der Waals surface area contributed by atoms with Gasteiger partial charge in [0.25, 0.3) is 0 Å². The maximum Gasteiger partial charge on any atom is 0.187 e. The highest BCUT2D eigenvalue weighted by Crippen LogP contribution is 2.16. The van der Waals surface area contributed by atoms with E-state index in [9.17, 15) is 4.79 Å². The molecule has 0 aromatic carbocycles. The number of carbonyl (C=O) groups is 1. The molecule has 0 radical (unpaired) electrons. The van der Waals surface area contributed by atoms with Gasteiger partial charge in [-0.25, -0.2) is 4.98 Å². The minimum absolute atomic E-state index is 0.0632. The molecular weight excluding hydrogens is 292 g/mol. The van der Waals surface area contributed by atoms with Crippen LogP contribution in [-0.4, -0.2) is 36.1 Å². The van der Waals surface area contributed by atoms with E-state index in [4.69, 9.17) is 9.47 Å². The molecule has 0 unspecified atom stereocenters. The fraction of sp³-hybridized carbons (Fsp3) is 0.389. The number of pyridine rings is 2. The Kier molecular flexibility index (Phi) is 6.23. The van der Waals surface area contributed by atoms with Gasteiger partial charge >= 0.3 is 0 Å². The zero-order valence-corrected chi connectivity index (χ0v) is 13.8. The number of aromatic nitrogens is 2. The zero-order valence-electron chi connectivity index (χ0n) is 13.8. The standard InChI is InChI=1S/C18H22N2O3/c1-13-5-6-15(19-12-13)10-18(21)17-11-16(9-14(2)20-17)23-8-4-7-22-3/h5-6,9,11-12H,4,7-8,10H2,1-3H3. The molecule has 0 aliphatic rings. The predicted molar refractivity (Wildman–Crippen MR) is 88.0 cm³/mol. The molecule has 0 bridgehead atoms. The zero-order chi connectivity index (χ0) is 16.7. The highest BCUT2D eigenvalue weighted by molar-refractivity contribution is 5.95. The van der Waals surface area contributed by atoms with E-state index in [-0.39, 0.29) is 12.2 Å². The molecule has 0 fully saturated rings. The van der Waals surface area contributed by atoms with Crippen molar-refractivity contribution in [2.75, 3.05) is 20.3 Å². The number of carbonyl (C=O) groups excluding carboxylic acids is 1. The first-order valence-corrected chi connectivity index (χ1v) is 7.63. The van der Waals surface area contributed by atoms with Crippen LogP contribution in [0.1, 0.15) is 33.9 Å². The average molecular weight is 314 g/mol. The van der Waals surface area contributed by atoms with Crippen LogP contribution in [0.15, 0.2) is 30.5 Å². The highest BCUT2D eigenvalue weighted by atomic mass is 16.5. The van der Waals surface area contributed by atoms with Crippen molar-refractivity contribution >= 4 is 5.78 Å². The second-order valence-electron chi connectivity index (χ2n) is 5.45. The number of methoxy groups -OCH3 is 1. The third-order valence-electron chi connectivity index (χ3n) is 3.29. The second kappa shape index (κ2) is 8.39. The maximum atomic E-state index is 12.4. The van der Waals surface area contributed by atoms with E-state index in [1.165, 1.54) is 0 Å². The maximum absolute atomic E-state index is 12.4. The topological polar surface area (TPSA) is 61.3 Å². The Balaban J connectivity index is 2.04. The lowest BCUT2D eigenvalue weighted by atomic mass is 10.1. The average Bonchev–Trinajstić information content (AvgIpc) is 2.53. The second-order valence-corrected chi connectivity index (χ2v) is 5.45. The minimum Gasteiger partial charge on any atom is -0.493 e. The van der Waals surface area contributed by atoms with Crippen LogP contribution in [0.25, 0.3) is 0 Å². The number of ether oxygens (including phenoxy) is 2. The summed E-state index contributed by atoms with van der Waals surface area (Å²) in [5.74, 6) is 0.598. The largest absolute Gasteiger partial charge is 0.493 e.